The van der Waals surface area contributed by atoms with Crippen LogP contribution in [0.3, 0.4) is 0 Å². The molecule has 2 aromatic rings. The van der Waals surface area contributed by atoms with Gasteiger partial charge in [-0.05, 0) is 74.6 Å². The molecule has 0 amide bonds. The molecule has 0 heterocycles. The molecular weight excluding hydrogens is 320 g/mol. The number of anilines is 1. The Bertz CT molecular complexity index is 861. The molecule has 0 fully saturated rings. The van der Waals surface area contributed by atoms with Crippen LogP contribution in [0.5, 0.6) is 0 Å². The molecule has 2 aromatic carbocycles. The van der Waals surface area contributed by atoms with Crippen molar-refractivity contribution in [3.63, 3.8) is 0 Å². The number of benzene rings is 2. The molecule has 0 radical (unpaired) electrons. The molecule has 0 atom stereocenters. The average Bonchev–Trinajstić information content (AvgIpc) is 2.46. The fraction of sp³-hybridized carbons (Fsp3) is 0.294. The molecule has 0 saturated heterocycles. The van der Waals surface area contributed by atoms with Crippen LogP contribution in [0.25, 0.3) is 0 Å². The van der Waals surface area contributed by atoms with Crippen LogP contribution in [0.1, 0.15) is 27.8 Å². The van der Waals surface area contributed by atoms with Gasteiger partial charge in [-0.25, -0.2) is 17.2 Å². The van der Waals surface area contributed by atoms with Crippen LogP contribution in [0.15, 0.2) is 23.1 Å². The van der Waals surface area contributed by atoms with E-state index in [2.05, 4.69) is 4.72 Å². The molecule has 0 spiro atoms. The summed E-state index contributed by atoms with van der Waals surface area (Å²) in [6.07, 6.45) is 0. The second-order valence-electron chi connectivity index (χ2n) is 5.68. The van der Waals surface area contributed by atoms with Crippen LogP contribution >= 0.6 is 0 Å². The van der Waals surface area contributed by atoms with Gasteiger partial charge in [0.2, 0.25) is 0 Å². The van der Waals surface area contributed by atoms with E-state index in [1.165, 1.54) is 0 Å². The number of rotatable bonds is 3. The fourth-order valence-electron chi connectivity index (χ4n) is 2.64. The maximum atomic E-state index is 13.8. The number of halogens is 2. The van der Waals surface area contributed by atoms with Gasteiger partial charge in [-0.2, -0.15) is 0 Å². The molecule has 0 aliphatic carbocycles. The lowest BCUT2D eigenvalue weighted by atomic mass is 9.95. The Morgan fingerprint density at radius 2 is 1.30 bits per heavy atom. The van der Waals surface area contributed by atoms with Crippen molar-refractivity contribution in [3.05, 3.63) is 57.7 Å². The highest BCUT2D eigenvalue weighted by atomic mass is 32.2. The van der Waals surface area contributed by atoms with E-state index >= 15 is 0 Å². The van der Waals surface area contributed by atoms with Crippen molar-refractivity contribution < 1.29 is 17.2 Å². The average molecular weight is 339 g/mol. The van der Waals surface area contributed by atoms with Crippen LogP contribution in [0.2, 0.25) is 0 Å². The molecule has 6 heteroatoms. The summed E-state index contributed by atoms with van der Waals surface area (Å²) in [5.74, 6) is -1.72. The van der Waals surface area contributed by atoms with Crippen molar-refractivity contribution in [2.24, 2.45) is 0 Å². The third-order valence-corrected chi connectivity index (χ3v) is 6.01. The second kappa shape index (κ2) is 5.92. The maximum Gasteiger partial charge on any atom is 0.262 e. The number of nitrogens with one attached hydrogen (secondary N) is 1. The van der Waals surface area contributed by atoms with E-state index in [1.807, 2.05) is 20.8 Å². The molecule has 0 aliphatic rings. The predicted molar refractivity (Wildman–Crippen MR) is 87.3 cm³/mol. The molecule has 0 unspecified atom stereocenters. The lowest BCUT2D eigenvalue weighted by molar-refractivity contribution is 0.582. The lowest BCUT2D eigenvalue weighted by Crippen LogP contribution is -2.18. The van der Waals surface area contributed by atoms with Crippen LogP contribution in [0, 0.1) is 46.3 Å². The summed E-state index contributed by atoms with van der Waals surface area (Å²) in [5, 5.41) is 0. The summed E-state index contributed by atoms with van der Waals surface area (Å²) in [7, 11) is -3.98. The fourth-order valence-corrected chi connectivity index (χ4v) is 4.31. The molecular formula is C17H19F2NO2S. The van der Waals surface area contributed by atoms with Gasteiger partial charge in [-0.15, -0.1) is 0 Å². The van der Waals surface area contributed by atoms with E-state index in [1.54, 1.807) is 13.8 Å². The van der Waals surface area contributed by atoms with Crippen molar-refractivity contribution in [1.29, 1.82) is 0 Å². The Labute approximate surface area is 135 Å². The van der Waals surface area contributed by atoms with Gasteiger partial charge in [-0.3, -0.25) is 4.72 Å². The van der Waals surface area contributed by atoms with Crippen LogP contribution in [0.4, 0.5) is 14.5 Å². The van der Waals surface area contributed by atoms with Crippen molar-refractivity contribution in [3.8, 4) is 0 Å². The largest absolute Gasteiger partial charge is 0.277 e. The van der Waals surface area contributed by atoms with E-state index in [-0.39, 0.29) is 10.6 Å². The minimum atomic E-state index is -3.98. The summed E-state index contributed by atoms with van der Waals surface area (Å²) in [4.78, 5) is 0.141. The van der Waals surface area contributed by atoms with Crippen molar-refractivity contribution in [2.75, 3.05) is 4.72 Å². The van der Waals surface area contributed by atoms with Crippen molar-refractivity contribution in [2.45, 2.75) is 39.5 Å². The highest BCUT2D eigenvalue weighted by Crippen LogP contribution is 2.31. The molecule has 0 saturated carbocycles. The van der Waals surface area contributed by atoms with Crippen LogP contribution < -0.4 is 4.72 Å². The summed E-state index contributed by atoms with van der Waals surface area (Å²) >= 11 is 0. The first-order chi connectivity index (χ1) is 10.6. The topological polar surface area (TPSA) is 46.2 Å². The minimum Gasteiger partial charge on any atom is -0.277 e. The predicted octanol–water partition coefficient (Wildman–Crippen LogP) is 4.31. The summed E-state index contributed by atoms with van der Waals surface area (Å²) in [6, 6.07) is 2.72. The van der Waals surface area contributed by atoms with Gasteiger partial charge in [0.1, 0.15) is 11.6 Å². The smallest absolute Gasteiger partial charge is 0.262 e. The van der Waals surface area contributed by atoms with Gasteiger partial charge in [0.05, 0.1) is 10.6 Å². The van der Waals surface area contributed by atoms with E-state index < -0.39 is 21.7 Å². The van der Waals surface area contributed by atoms with Gasteiger partial charge < -0.3 is 0 Å². The Hall–Kier alpha value is -1.95. The van der Waals surface area contributed by atoms with Crippen molar-refractivity contribution in [1.82, 2.24) is 0 Å². The Morgan fingerprint density at radius 3 is 1.78 bits per heavy atom. The number of hydrogen-bond acceptors (Lipinski definition) is 2. The first-order valence-electron chi connectivity index (χ1n) is 7.11. The quantitative estimate of drug-likeness (QED) is 0.906. The standard InChI is InChI=1S/C17H19F2NO2S/c1-9-10(2)12(4)17(13(5)11(9)3)23(21,22)20-16-7-6-14(18)8-15(16)19/h6-8,20H,1-5H3. The molecule has 3 nitrogen and oxygen atoms in total. The van der Waals surface area contributed by atoms with Gasteiger partial charge >= 0.3 is 0 Å². The zero-order valence-electron chi connectivity index (χ0n) is 13.7. The van der Waals surface area contributed by atoms with E-state index in [9.17, 15) is 17.2 Å². The zero-order valence-corrected chi connectivity index (χ0v) is 14.5. The van der Waals surface area contributed by atoms with Gasteiger partial charge in [0.15, 0.2) is 0 Å². The molecule has 0 bridgehead atoms. The van der Waals surface area contributed by atoms with E-state index in [0.29, 0.717) is 17.2 Å². The maximum absolute atomic E-state index is 13.8. The first kappa shape index (κ1) is 17.4. The monoisotopic (exact) mass is 339 g/mol. The first-order valence-corrected chi connectivity index (χ1v) is 8.59. The normalized spacial score (nSPS) is 11.6. The third kappa shape index (κ3) is 3.08. The lowest BCUT2D eigenvalue weighted by Gasteiger charge is -2.19. The second-order valence-corrected chi connectivity index (χ2v) is 7.30. The third-order valence-electron chi connectivity index (χ3n) is 4.38. The Balaban J connectivity index is 2.61. The zero-order chi connectivity index (χ0) is 17.5. The minimum absolute atomic E-state index is 0.141. The van der Waals surface area contributed by atoms with Crippen LogP contribution in [-0.2, 0) is 10.0 Å². The summed E-state index contributed by atoms with van der Waals surface area (Å²) in [5.41, 5.74) is 3.77. The van der Waals surface area contributed by atoms with Gasteiger partial charge in [0.25, 0.3) is 10.0 Å². The van der Waals surface area contributed by atoms with Gasteiger partial charge in [-0.1, -0.05) is 0 Å². The Kier molecular flexibility index (Phi) is 4.48. The summed E-state index contributed by atoms with van der Waals surface area (Å²) in [6.45, 7) is 9.10. The Morgan fingerprint density at radius 1 is 0.826 bits per heavy atom. The molecule has 1 N–H and O–H groups in total. The van der Waals surface area contributed by atoms with Crippen LogP contribution in [-0.4, -0.2) is 8.42 Å². The number of sulfonamides is 1. The van der Waals surface area contributed by atoms with E-state index in [0.717, 1.165) is 28.8 Å². The summed E-state index contributed by atoms with van der Waals surface area (Å²) < 4.78 is 54.4. The van der Waals surface area contributed by atoms with Gasteiger partial charge in [0, 0.05) is 6.07 Å². The molecule has 2 rings (SSSR count). The highest BCUT2D eigenvalue weighted by molar-refractivity contribution is 7.92. The van der Waals surface area contributed by atoms with E-state index in [4.69, 9.17) is 0 Å². The SMILES string of the molecule is Cc1c(C)c(C)c(S(=O)(=O)Nc2ccc(F)cc2F)c(C)c1C. The molecule has 0 aliphatic heterocycles. The molecule has 0 aromatic heterocycles. The van der Waals surface area contributed by atoms with Crippen molar-refractivity contribution >= 4 is 15.7 Å². The number of hydrogen-bond donors (Lipinski definition) is 1. The molecule has 124 valence electrons. The highest BCUT2D eigenvalue weighted by Gasteiger charge is 2.24. The molecule has 23 heavy (non-hydrogen) atoms.